The Balaban J connectivity index is 1.66. The topological polar surface area (TPSA) is 71.1 Å². The van der Waals surface area contributed by atoms with Gasteiger partial charge in [0, 0.05) is 19.0 Å². The SMILES string of the molecule is Cc1nc([C@H]2CN(C(=O)OCC(F)(F)F)C[C@@H]2C2CC2)n[nH]1. The van der Waals surface area contributed by atoms with Crippen LogP contribution in [0.4, 0.5) is 18.0 Å². The third-order valence-corrected chi connectivity index (χ3v) is 4.16. The molecule has 2 fully saturated rings. The molecule has 0 bridgehead atoms. The van der Waals surface area contributed by atoms with Crippen molar-refractivity contribution in [2.45, 2.75) is 31.9 Å². The minimum atomic E-state index is -4.51. The van der Waals surface area contributed by atoms with Gasteiger partial charge in [0.05, 0.1) is 0 Å². The lowest BCUT2D eigenvalue weighted by Gasteiger charge is -2.16. The Hall–Kier alpha value is -1.80. The van der Waals surface area contributed by atoms with Crippen LogP contribution in [-0.4, -0.2) is 52.0 Å². The number of aryl methyl sites for hydroxylation is 1. The highest BCUT2D eigenvalue weighted by atomic mass is 19.4. The van der Waals surface area contributed by atoms with E-state index >= 15 is 0 Å². The van der Waals surface area contributed by atoms with E-state index in [4.69, 9.17) is 0 Å². The summed E-state index contributed by atoms with van der Waals surface area (Å²) in [5.41, 5.74) is 0. The van der Waals surface area contributed by atoms with Crippen LogP contribution >= 0.6 is 0 Å². The van der Waals surface area contributed by atoms with Gasteiger partial charge in [0.25, 0.3) is 0 Å². The number of nitrogens with one attached hydrogen (secondary N) is 1. The highest BCUT2D eigenvalue weighted by molar-refractivity contribution is 5.68. The van der Waals surface area contributed by atoms with Crippen LogP contribution in [0.5, 0.6) is 0 Å². The zero-order valence-corrected chi connectivity index (χ0v) is 12.1. The van der Waals surface area contributed by atoms with Gasteiger partial charge in [0.15, 0.2) is 12.4 Å². The molecule has 1 saturated carbocycles. The Morgan fingerprint density at radius 2 is 2.14 bits per heavy atom. The number of halogens is 3. The van der Waals surface area contributed by atoms with Crippen molar-refractivity contribution < 1.29 is 22.7 Å². The van der Waals surface area contributed by atoms with Gasteiger partial charge in [-0.05, 0) is 31.6 Å². The number of aromatic nitrogens is 3. The Kier molecular flexibility index (Phi) is 3.73. The van der Waals surface area contributed by atoms with Crippen LogP contribution in [0.2, 0.25) is 0 Å². The van der Waals surface area contributed by atoms with Crippen LogP contribution in [0.1, 0.15) is 30.4 Å². The van der Waals surface area contributed by atoms with Gasteiger partial charge < -0.3 is 9.64 Å². The first-order chi connectivity index (χ1) is 10.3. The van der Waals surface area contributed by atoms with Gasteiger partial charge in [-0.25, -0.2) is 9.78 Å². The molecule has 2 aliphatic rings. The smallest absolute Gasteiger partial charge is 0.422 e. The van der Waals surface area contributed by atoms with Gasteiger partial charge in [-0.3, -0.25) is 5.10 Å². The van der Waals surface area contributed by atoms with Crippen molar-refractivity contribution in [2.75, 3.05) is 19.7 Å². The molecular weight excluding hydrogens is 301 g/mol. The summed E-state index contributed by atoms with van der Waals surface area (Å²) < 4.78 is 40.8. The average molecular weight is 318 g/mol. The fourth-order valence-corrected chi connectivity index (χ4v) is 3.01. The molecule has 3 rings (SSSR count). The second-order valence-electron chi connectivity index (χ2n) is 5.96. The second kappa shape index (κ2) is 5.44. The molecule has 2 atom stereocenters. The average Bonchev–Trinajstić information content (AvgIpc) is 3.03. The first kappa shape index (κ1) is 15.1. The number of H-pyrrole nitrogens is 1. The van der Waals surface area contributed by atoms with Crippen molar-refractivity contribution >= 4 is 6.09 Å². The zero-order chi connectivity index (χ0) is 15.9. The van der Waals surface area contributed by atoms with E-state index in [1.807, 2.05) is 0 Å². The van der Waals surface area contributed by atoms with Crippen molar-refractivity contribution in [3.8, 4) is 0 Å². The van der Waals surface area contributed by atoms with E-state index in [0.29, 0.717) is 30.7 Å². The van der Waals surface area contributed by atoms with E-state index in [-0.39, 0.29) is 11.8 Å². The molecule has 0 unspecified atom stereocenters. The maximum Gasteiger partial charge on any atom is 0.422 e. The number of ether oxygens (including phenoxy) is 1. The summed E-state index contributed by atoms with van der Waals surface area (Å²) in [6.07, 6.45) is -3.27. The third-order valence-electron chi connectivity index (χ3n) is 4.16. The van der Waals surface area contributed by atoms with Crippen LogP contribution < -0.4 is 0 Å². The van der Waals surface area contributed by atoms with Crippen LogP contribution in [0, 0.1) is 18.8 Å². The van der Waals surface area contributed by atoms with Crippen LogP contribution in [-0.2, 0) is 4.74 Å². The highest BCUT2D eigenvalue weighted by Crippen LogP contribution is 2.47. The van der Waals surface area contributed by atoms with Crippen molar-refractivity contribution in [1.29, 1.82) is 0 Å². The number of nitrogens with zero attached hydrogens (tertiary/aromatic N) is 3. The van der Waals surface area contributed by atoms with Gasteiger partial charge in [0.2, 0.25) is 0 Å². The number of hydrogen-bond donors (Lipinski definition) is 1. The van der Waals surface area contributed by atoms with Crippen molar-refractivity contribution in [1.82, 2.24) is 20.1 Å². The lowest BCUT2D eigenvalue weighted by atomic mass is 9.91. The highest BCUT2D eigenvalue weighted by Gasteiger charge is 2.46. The minimum Gasteiger partial charge on any atom is -0.440 e. The summed E-state index contributed by atoms with van der Waals surface area (Å²) >= 11 is 0. The van der Waals surface area contributed by atoms with Gasteiger partial charge in [-0.15, -0.1) is 0 Å². The van der Waals surface area contributed by atoms with Crippen LogP contribution in [0.15, 0.2) is 0 Å². The van der Waals surface area contributed by atoms with Crippen molar-refractivity contribution in [3.05, 3.63) is 11.6 Å². The molecule has 2 heterocycles. The molecule has 1 saturated heterocycles. The monoisotopic (exact) mass is 318 g/mol. The molecule has 1 aromatic heterocycles. The molecule has 122 valence electrons. The minimum absolute atomic E-state index is 0.0455. The first-order valence-electron chi connectivity index (χ1n) is 7.21. The Morgan fingerprint density at radius 3 is 2.68 bits per heavy atom. The Labute approximate surface area is 125 Å². The van der Waals surface area contributed by atoms with Crippen molar-refractivity contribution in [3.63, 3.8) is 0 Å². The third kappa shape index (κ3) is 3.33. The lowest BCUT2D eigenvalue weighted by Crippen LogP contribution is -2.32. The molecule has 0 aromatic carbocycles. The number of carbonyl (C=O) groups is 1. The van der Waals surface area contributed by atoms with E-state index in [9.17, 15) is 18.0 Å². The fraction of sp³-hybridized carbons (Fsp3) is 0.769. The van der Waals surface area contributed by atoms with Gasteiger partial charge >= 0.3 is 12.3 Å². The van der Waals surface area contributed by atoms with E-state index < -0.39 is 18.9 Å². The predicted molar refractivity (Wildman–Crippen MR) is 69.1 cm³/mol. The summed E-state index contributed by atoms with van der Waals surface area (Å²) in [5, 5.41) is 6.91. The molecule has 6 nitrogen and oxygen atoms in total. The number of aromatic amines is 1. The largest absolute Gasteiger partial charge is 0.440 e. The standard InChI is InChI=1S/C13H17F3N4O2/c1-7-17-11(19-18-7)10-5-20(4-9(10)8-2-3-8)12(21)22-6-13(14,15)16/h8-10H,2-6H2,1H3,(H,17,18,19)/t9-,10+/m1/s1. The molecule has 1 aliphatic heterocycles. The quantitative estimate of drug-likeness (QED) is 0.928. The molecule has 22 heavy (non-hydrogen) atoms. The lowest BCUT2D eigenvalue weighted by molar-refractivity contribution is -0.162. The maximum absolute atomic E-state index is 12.1. The van der Waals surface area contributed by atoms with Crippen LogP contribution in [0.3, 0.4) is 0 Å². The molecule has 0 radical (unpaired) electrons. The Bertz CT molecular complexity index is 556. The maximum atomic E-state index is 12.1. The van der Waals surface area contributed by atoms with E-state index in [0.717, 1.165) is 12.8 Å². The summed E-state index contributed by atoms with van der Waals surface area (Å²) in [6, 6.07) is 0. The first-order valence-corrected chi connectivity index (χ1v) is 7.21. The number of amides is 1. The molecule has 9 heteroatoms. The zero-order valence-electron chi connectivity index (χ0n) is 12.1. The van der Waals surface area contributed by atoms with Gasteiger partial charge in [0.1, 0.15) is 5.82 Å². The molecule has 1 amide bonds. The molecular formula is C13H17F3N4O2. The van der Waals surface area contributed by atoms with Crippen LogP contribution in [0.25, 0.3) is 0 Å². The van der Waals surface area contributed by atoms with Gasteiger partial charge in [-0.2, -0.15) is 18.3 Å². The molecule has 0 spiro atoms. The van der Waals surface area contributed by atoms with E-state index in [2.05, 4.69) is 19.9 Å². The van der Waals surface area contributed by atoms with Gasteiger partial charge in [-0.1, -0.05) is 0 Å². The summed E-state index contributed by atoms with van der Waals surface area (Å²) in [7, 11) is 0. The van der Waals surface area contributed by atoms with E-state index in [1.54, 1.807) is 6.92 Å². The Morgan fingerprint density at radius 1 is 1.41 bits per heavy atom. The number of likely N-dealkylation sites (tertiary alicyclic amines) is 1. The number of alkyl halides is 3. The second-order valence-corrected chi connectivity index (χ2v) is 5.96. The normalized spacial score (nSPS) is 25.5. The molecule has 1 aromatic rings. The summed E-state index contributed by atoms with van der Waals surface area (Å²) in [6.45, 7) is 0.933. The van der Waals surface area contributed by atoms with E-state index in [1.165, 1.54) is 4.90 Å². The number of hydrogen-bond acceptors (Lipinski definition) is 4. The number of rotatable bonds is 3. The predicted octanol–water partition coefficient (Wildman–Crippen LogP) is 2.24. The van der Waals surface area contributed by atoms with Crippen molar-refractivity contribution in [2.24, 2.45) is 11.8 Å². The summed E-state index contributed by atoms with van der Waals surface area (Å²) in [4.78, 5) is 17.5. The molecule has 1 aliphatic carbocycles. The fourth-order valence-electron chi connectivity index (χ4n) is 3.01. The molecule has 1 N–H and O–H groups in total. The number of carbonyl (C=O) groups excluding carboxylic acids is 1. The summed E-state index contributed by atoms with van der Waals surface area (Å²) in [5.74, 6) is 1.94.